The van der Waals surface area contributed by atoms with Crippen LogP contribution in [-0.4, -0.2) is 24.0 Å². The van der Waals surface area contributed by atoms with Gasteiger partial charge in [-0.2, -0.15) is 0 Å². The van der Waals surface area contributed by atoms with E-state index in [9.17, 15) is 4.79 Å². The Hall–Kier alpha value is -3.08. The van der Waals surface area contributed by atoms with Crippen molar-refractivity contribution in [1.82, 2.24) is 4.98 Å². The zero-order chi connectivity index (χ0) is 17.4. The third kappa shape index (κ3) is 2.67. The molecule has 0 N–H and O–H groups in total. The fraction of sp³-hybridized carbons (Fsp3) is 0.200. The Balaban J connectivity index is 1.62. The fourth-order valence-electron chi connectivity index (χ4n) is 3.24. The zero-order valence-electron chi connectivity index (χ0n) is 14.1. The maximum absolute atomic E-state index is 12.9. The number of carbonyl (C=O) groups excluding carboxylic acids is 1. The van der Waals surface area contributed by atoms with Gasteiger partial charge in [-0.05, 0) is 49.2 Å². The lowest BCUT2D eigenvalue weighted by atomic mass is 10.1. The number of para-hydroxylation sites is 1. The van der Waals surface area contributed by atoms with Crippen LogP contribution in [0.1, 0.15) is 23.2 Å². The number of hydrogen-bond acceptors (Lipinski definition) is 4. The summed E-state index contributed by atoms with van der Waals surface area (Å²) in [7, 11) is 1.62. The van der Waals surface area contributed by atoms with Crippen LogP contribution in [0.25, 0.3) is 11.3 Å². The van der Waals surface area contributed by atoms with E-state index < -0.39 is 0 Å². The summed E-state index contributed by atoms with van der Waals surface area (Å²) in [5.74, 6) is 1.22. The Morgan fingerprint density at radius 3 is 2.72 bits per heavy atom. The first-order chi connectivity index (χ1) is 12.2. The van der Waals surface area contributed by atoms with E-state index in [1.807, 2.05) is 49.4 Å². The minimum absolute atomic E-state index is 0.0845. The van der Waals surface area contributed by atoms with Gasteiger partial charge < -0.3 is 14.1 Å². The lowest BCUT2D eigenvalue weighted by molar-refractivity contribution is 0.0948. The summed E-state index contributed by atoms with van der Waals surface area (Å²) in [5, 5.41) is 0. The van der Waals surface area contributed by atoms with E-state index in [-0.39, 0.29) is 17.8 Å². The van der Waals surface area contributed by atoms with Gasteiger partial charge in [0.1, 0.15) is 5.75 Å². The summed E-state index contributed by atoms with van der Waals surface area (Å²) in [5.41, 5.74) is 2.96. The quantitative estimate of drug-likeness (QED) is 0.728. The van der Waals surface area contributed by atoms with Crippen LogP contribution in [-0.2, 0) is 6.42 Å². The van der Waals surface area contributed by atoms with Crippen molar-refractivity contribution in [2.45, 2.75) is 19.4 Å². The molecule has 25 heavy (non-hydrogen) atoms. The normalized spacial score (nSPS) is 15.9. The van der Waals surface area contributed by atoms with E-state index in [1.54, 1.807) is 18.2 Å². The minimum atomic E-state index is -0.211. The Kier molecular flexibility index (Phi) is 3.76. The molecule has 1 amide bonds. The van der Waals surface area contributed by atoms with Crippen LogP contribution in [0.3, 0.4) is 0 Å². The highest BCUT2D eigenvalue weighted by molar-refractivity contribution is 6.05. The summed E-state index contributed by atoms with van der Waals surface area (Å²) in [6.07, 6.45) is 2.43. The molecular formula is C20H18N2O3. The van der Waals surface area contributed by atoms with Crippen molar-refractivity contribution in [3.8, 4) is 17.1 Å². The number of hydrogen-bond donors (Lipinski definition) is 0. The minimum Gasteiger partial charge on any atom is -0.497 e. The molecule has 2 aromatic carbocycles. The highest BCUT2D eigenvalue weighted by atomic mass is 16.5. The molecule has 0 saturated heterocycles. The highest BCUT2D eigenvalue weighted by Gasteiger charge is 2.33. The first-order valence-electron chi connectivity index (χ1n) is 8.19. The van der Waals surface area contributed by atoms with Crippen LogP contribution in [0, 0.1) is 0 Å². The SMILES string of the molecule is COc1ccc(-c2cnc(C(=O)N3c4ccccc4C[C@H]3C)o2)cc1. The van der Waals surface area contributed by atoms with E-state index in [0.717, 1.165) is 23.4 Å². The lowest BCUT2D eigenvalue weighted by Crippen LogP contribution is -2.35. The molecule has 0 aliphatic carbocycles. The molecular weight excluding hydrogens is 316 g/mol. The molecule has 0 saturated carbocycles. The van der Waals surface area contributed by atoms with Crippen LogP contribution in [0.2, 0.25) is 0 Å². The van der Waals surface area contributed by atoms with Crippen molar-refractivity contribution < 1.29 is 13.9 Å². The monoisotopic (exact) mass is 334 g/mol. The van der Waals surface area contributed by atoms with Gasteiger partial charge in [0.15, 0.2) is 5.76 Å². The molecule has 5 heteroatoms. The molecule has 1 aliphatic heterocycles. The summed E-state index contributed by atoms with van der Waals surface area (Å²) in [4.78, 5) is 18.9. The Morgan fingerprint density at radius 2 is 1.96 bits per heavy atom. The van der Waals surface area contributed by atoms with Crippen molar-refractivity contribution >= 4 is 11.6 Å². The molecule has 0 bridgehead atoms. The van der Waals surface area contributed by atoms with Crippen molar-refractivity contribution in [2.24, 2.45) is 0 Å². The number of aromatic nitrogens is 1. The molecule has 126 valence electrons. The lowest BCUT2D eigenvalue weighted by Gasteiger charge is -2.20. The molecule has 1 aromatic heterocycles. The molecule has 2 heterocycles. The second kappa shape index (κ2) is 6.09. The van der Waals surface area contributed by atoms with Gasteiger partial charge in [-0.1, -0.05) is 18.2 Å². The number of oxazole rings is 1. The van der Waals surface area contributed by atoms with Crippen molar-refractivity contribution in [1.29, 1.82) is 0 Å². The molecule has 4 rings (SSSR count). The highest BCUT2D eigenvalue weighted by Crippen LogP contribution is 2.33. The standard InChI is InChI=1S/C20H18N2O3/c1-13-11-15-5-3-4-6-17(15)22(13)20(23)19-21-12-18(25-19)14-7-9-16(24-2)10-8-14/h3-10,12-13H,11H2,1-2H3/t13-/m1/s1. The van der Waals surface area contributed by atoms with Gasteiger partial charge in [-0.3, -0.25) is 4.79 Å². The number of anilines is 1. The molecule has 0 radical (unpaired) electrons. The number of fused-ring (bicyclic) bond motifs is 1. The second-order valence-corrected chi connectivity index (χ2v) is 6.12. The maximum atomic E-state index is 12.9. The van der Waals surface area contributed by atoms with E-state index >= 15 is 0 Å². The Bertz CT molecular complexity index is 915. The molecule has 0 spiro atoms. The molecule has 3 aromatic rings. The van der Waals surface area contributed by atoms with Crippen molar-refractivity contribution in [2.75, 3.05) is 12.0 Å². The third-order valence-corrected chi connectivity index (χ3v) is 4.49. The predicted octanol–water partition coefficient (Wildman–Crippen LogP) is 3.94. The first-order valence-corrected chi connectivity index (χ1v) is 8.19. The van der Waals surface area contributed by atoms with E-state index in [4.69, 9.17) is 9.15 Å². The van der Waals surface area contributed by atoms with Crippen LogP contribution < -0.4 is 9.64 Å². The van der Waals surface area contributed by atoms with Gasteiger partial charge in [-0.15, -0.1) is 0 Å². The topological polar surface area (TPSA) is 55.6 Å². The van der Waals surface area contributed by atoms with Crippen molar-refractivity contribution in [3.05, 3.63) is 66.2 Å². The number of ether oxygens (including phenoxy) is 1. The summed E-state index contributed by atoms with van der Waals surface area (Å²) >= 11 is 0. The average molecular weight is 334 g/mol. The van der Waals surface area contributed by atoms with Crippen LogP contribution >= 0.6 is 0 Å². The molecule has 0 unspecified atom stereocenters. The van der Waals surface area contributed by atoms with Gasteiger partial charge >= 0.3 is 5.91 Å². The number of benzene rings is 2. The van der Waals surface area contributed by atoms with Gasteiger partial charge in [0.05, 0.1) is 13.3 Å². The molecule has 5 nitrogen and oxygen atoms in total. The van der Waals surface area contributed by atoms with E-state index in [2.05, 4.69) is 11.1 Å². The van der Waals surface area contributed by atoms with Crippen LogP contribution in [0.15, 0.2) is 59.1 Å². The number of amides is 1. The first kappa shape index (κ1) is 15.4. The summed E-state index contributed by atoms with van der Waals surface area (Å²) < 4.78 is 10.9. The smallest absolute Gasteiger partial charge is 0.314 e. The van der Waals surface area contributed by atoms with Crippen molar-refractivity contribution in [3.63, 3.8) is 0 Å². The third-order valence-electron chi connectivity index (χ3n) is 4.49. The molecule has 1 aliphatic rings. The molecule has 0 fully saturated rings. The summed E-state index contributed by atoms with van der Waals surface area (Å²) in [6.45, 7) is 2.03. The Morgan fingerprint density at radius 1 is 1.20 bits per heavy atom. The average Bonchev–Trinajstić information content (AvgIpc) is 3.25. The van der Waals surface area contributed by atoms with E-state index in [1.165, 1.54) is 5.56 Å². The zero-order valence-corrected chi connectivity index (χ0v) is 14.1. The van der Waals surface area contributed by atoms with Crippen LogP contribution in [0.4, 0.5) is 5.69 Å². The number of methoxy groups -OCH3 is 1. The van der Waals surface area contributed by atoms with Gasteiger partial charge in [0, 0.05) is 17.3 Å². The molecule has 1 atom stereocenters. The van der Waals surface area contributed by atoms with Gasteiger partial charge in [0.2, 0.25) is 0 Å². The largest absolute Gasteiger partial charge is 0.497 e. The Labute approximate surface area is 145 Å². The number of carbonyl (C=O) groups is 1. The fourth-order valence-corrected chi connectivity index (χ4v) is 3.24. The maximum Gasteiger partial charge on any atom is 0.314 e. The number of rotatable bonds is 3. The van der Waals surface area contributed by atoms with Gasteiger partial charge in [0.25, 0.3) is 5.89 Å². The van der Waals surface area contributed by atoms with E-state index in [0.29, 0.717) is 5.76 Å². The van der Waals surface area contributed by atoms with Crippen LogP contribution in [0.5, 0.6) is 5.75 Å². The number of nitrogens with zero attached hydrogens (tertiary/aromatic N) is 2. The summed E-state index contributed by atoms with van der Waals surface area (Å²) in [6, 6.07) is 15.5. The predicted molar refractivity (Wildman–Crippen MR) is 94.9 cm³/mol. The van der Waals surface area contributed by atoms with Gasteiger partial charge in [-0.25, -0.2) is 4.98 Å². The second-order valence-electron chi connectivity index (χ2n) is 6.12.